The maximum Gasteiger partial charge on any atom is 0.173 e. The van der Waals surface area contributed by atoms with E-state index in [9.17, 15) is 4.79 Å². The van der Waals surface area contributed by atoms with E-state index >= 15 is 0 Å². The molecule has 40 heavy (non-hydrogen) atoms. The van der Waals surface area contributed by atoms with Gasteiger partial charge in [-0.05, 0) is 88.9 Å². The Bertz CT molecular complexity index is 1640. The van der Waals surface area contributed by atoms with Gasteiger partial charge < -0.3 is 4.90 Å². The summed E-state index contributed by atoms with van der Waals surface area (Å²) in [4.78, 5) is 17.2. The van der Waals surface area contributed by atoms with Crippen LogP contribution in [0.15, 0.2) is 115 Å². The van der Waals surface area contributed by atoms with E-state index in [1.165, 1.54) is 5.56 Å². The van der Waals surface area contributed by atoms with E-state index in [1.54, 1.807) is 12.1 Å². The molecule has 1 heterocycles. The zero-order chi connectivity index (χ0) is 28.1. The number of nitrogens with zero attached hydrogens (tertiary/aromatic N) is 1. The number of likely N-dealkylation sites (N-methyl/N-ethyl adjacent to an activating group) is 1. The molecule has 1 aliphatic carbocycles. The average Bonchev–Trinajstić information content (AvgIpc) is 3.17. The number of benzene rings is 4. The number of rotatable bonds is 5. The fraction of sp³-hybridized carbons (Fsp3) is 0.194. The van der Waals surface area contributed by atoms with E-state index < -0.39 is 11.5 Å². The molecule has 0 unspecified atom stereocenters. The lowest BCUT2D eigenvalue weighted by Crippen LogP contribution is -2.62. The normalized spacial score (nSPS) is 23.5. The van der Waals surface area contributed by atoms with Gasteiger partial charge in [-0.2, -0.15) is 0 Å². The molecule has 0 radical (unpaired) electrons. The Morgan fingerprint density at radius 1 is 0.800 bits per heavy atom. The zero-order valence-electron chi connectivity index (χ0n) is 22.9. The van der Waals surface area contributed by atoms with E-state index in [0.717, 1.165) is 34.4 Å². The van der Waals surface area contributed by atoms with Gasteiger partial charge in [-0.15, -0.1) is 0 Å². The molecule has 0 saturated carbocycles. The number of fused-ring (bicyclic) bond motifs is 1. The van der Waals surface area contributed by atoms with Crippen LogP contribution in [0, 0.1) is 5.92 Å². The number of hydrogen-bond donors (Lipinski definition) is 0. The fourth-order valence-electron chi connectivity index (χ4n) is 6.92. The van der Waals surface area contributed by atoms with E-state index in [0.29, 0.717) is 15.6 Å². The highest BCUT2D eigenvalue weighted by Gasteiger charge is 2.63. The Balaban J connectivity index is 1.69. The summed E-state index contributed by atoms with van der Waals surface area (Å²) < 4.78 is 0. The largest absolute Gasteiger partial charge is 0.363 e. The summed E-state index contributed by atoms with van der Waals surface area (Å²) in [5.74, 6) is -0.396. The standard InChI is InChI=1S/C36H31Cl2NO/c1-4-35(2)31-12-8-9-13-32(31)39(3)36(35)23-27(24-14-18-28(37)19-15-24)22-30(25-10-6-5-7-11-25)33(36)34(40)26-16-20-29(38)21-17-26/h5-23,33H,4H2,1-3H3/t33-,35+,36-/m1/s1. The molecule has 2 nitrogen and oxygen atoms in total. The first-order chi connectivity index (χ1) is 19.3. The quantitative estimate of drug-likeness (QED) is 0.225. The molecule has 4 aromatic rings. The second-order valence-corrected chi connectivity index (χ2v) is 11.8. The van der Waals surface area contributed by atoms with Crippen LogP contribution in [0.4, 0.5) is 5.69 Å². The minimum atomic E-state index is -0.683. The molecule has 3 atom stereocenters. The Morgan fingerprint density at radius 2 is 1.40 bits per heavy atom. The number of allylic oxidation sites excluding steroid dienone is 2. The van der Waals surface area contributed by atoms with Gasteiger partial charge in [-0.25, -0.2) is 0 Å². The number of ketones is 1. The predicted octanol–water partition coefficient (Wildman–Crippen LogP) is 9.53. The van der Waals surface area contributed by atoms with Crippen LogP contribution in [0.2, 0.25) is 10.0 Å². The number of carbonyl (C=O) groups excluding carboxylic acids is 1. The van der Waals surface area contributed by atoms with Gasteiger partial charge >= 0.3 is 0 Å². The number of anilines is 1. The monoisotopic (exact) mass is 563 g/mol. The highest BCUT2D eigenvalue weighted by atomic mass is 35.5. The highest BCUT2D eigenvalue weighted by Crippen LogP contribution is 2.61. The molecular weight excluding hydrogens is 533 g/mol. The molecule has 6 rings (SSSR count). The molecule has 0 amide bonds. The van der Waals surface area contributed by atoms with Crippen LogP contribution >= 0.6 is 23.2 Å². The van der Waals surface area contributed by atoms with E-state index in [-0.39, 0.29) is 11.2 Å². The van der Waals surface area contributed by atoms with Crippen molar-refractivity contribution in [2.75, 3.05) is 11.9 Å². The molecule has 0 N–H and O–H groups in total. The van der Waals surface area contributed by atoms with Gasteiger partial charge in [0.05, 0.1) is 11.5 Å². The van der Waals surface area contributed by atoms with Crippen molar-refractivity contribution in [1.29, 1.82) is 0 Å². The van der Waals surface area contributed by atoms with Crippen molar-refractivity contribution in [3.05, 3.63) is 148 Å². The third-order valence-corrected chi connectivity index (χ3v) is 9.62. The average molecular weight is 565 g/mol. The van der Waals surface area contributed by atoms with Crippen LogP contribution in [0.25, 0.3) is 11.1 Å². The molecule has 0 aromatic heterocycles. The number of hydrogen-bond acceptors (Lipinski definition) is 2. The van der Waals surface area contributed by atoms with Crippen molar-refractivity contribution in [1.82, 2.24) is 0 Å². The lowest BCUT2D eigenvalue weighted by atomic mass is 9.55. The van der Waals surface area contributed by atoms with Crippen LogP contribution in [-0.4, -0.2) is 18.4 Å². The summed E-state index contributed by atoms with van der Waals surface area (Å²) in [6.07, 6.45) is 5.41. The Hall–Kier alpha value is -3.59. The van der Waals surface area contributed by atoms with Crippen molar-refractivity contribution >= 4 is 45.8 Å². The molecule has 0 fully saturated rings. The molecular formula is C36H31Cl2NO. The first-order valence-electron chi connectivity index (χ1n) is 13.7. The number of carbonyl (C=O) groups is 1. The Morgan fingerprint density at radius 3 is 2.05 bits per heavy atom. The van der Waals surface area contributed by atoms with Crippen LogP contribution in [0.3, 0.4) is 0 Å². The van der Waals surface area contributed by atoms with Gasteiger partial charge in [-0.3, -0.25) is 4.79 Å². The van der Waals surface area contributed by atoms with Crippen LogP contribution in [0.1, 0.15) is 47.3 Å². The summed E-state index contributed by atoms with van der Waals surface area (Å²) in [7, 11) is 2.14. The van der Waals surface area contributed by atoms with Crippen LogP contribution in [0.5, 0.6) is 0 Å². The van der Waals surface area contributed by atoms with Crippen molar-refractivity contribution in [3.8, 4) is 0 Å². The lowest BCUT2D eigenvalue weighted by Gasteiger charge is -2.53. The van der Waals surface area contributed by atoms with Gasteiger partial charge in [0.2, 0.25) is 0 Å². The summed E-state index contributed by atoms with van der Waals surface area (Å²) in [6.45, 7) is 4.55. The van der Waals surface area contributed by atoms with Crippen LogP contribution in [-0.2, 0) is 5.41 Å². The summed E-state index contributed by atoms with van der Waals surface area (Å²) >= 11 is 12.5. The molecule has 2 aliphatic rings. The summed E-state index contributed by atoms with van der Waals surface area (Å²) in [5.41, 5.74) is 6.21. The molecule has 1 spiro atoms. The second-order valence-electron chi connectivity index (χ2n) is 11.0. The van der Waals surface area contributed by atoms with E-state index in [4.69, 9.17) is 23.2 Å². The van der Waals surface area contributed by atoms with E-state index in [1.807, 2.05) is 42.5 Å². The predicted molar refractivity (Wildman–Crippen MR) is 168 cm³/mol. The van der Waals surface area contributed by atoms with Gasteiger partial charge in [0.1, 0.15) is 0 Å². The van der Waals surface area contributed by atoms with Gasteiger partial charge in [0.15, 0.2) is 5.78 Å². The third-order valence-electron chi connectivity index (χ3n) is 9.12. The van der Waals surface area contributed by atoms with Gasteiger partial charge in [0.25, 0.3) is 0 Å². The van der Waals surface area contributed by atoms with Gasteiger partial charge in [-0.1, -0.05) is 97.7 Å². The zero-order valence-corrected chi connectivity index (χ0v) is 24.4. The van der Waals surface area contributed by atoms with Gasteiger partial charge in [0, 0.05) is 33.8 Å². The minimum absolute atomic E-state index is 0.0810. The molecule has 1 aliphatic heterocycles. The molecule has 0 bridgehead atoms. The second kappa shape index (κ2) is 10.1. The molecule has 4 aromatic carbocycles. The molecule has 4 heteroatoms. The van der Waals surface area contributed by atoms with Crippen molar-refractivity contribution in [2.45, 2.75) is 31.2 Å². The number of Topliss-reactive ketones (excluding diaryl/α,β-unsaturated/α-hetero) is 1. The molecule has 0 saturated heterocycles. The van der Waals surface area contributed by atoms with E-state index in [2.05, 4.69) is 86.5 Å². The topological polar surface area (TPSA) is 20.3 Å². The fourth-order valence-corrected chi connectivity index (χ4v) is 7.17. The Labute approximate surface area is 246 Å². The van der Waals surface area contributed by atoms with Crippen LogP contribution < -0.4 is 4.90 Å². The summed E-state index contributed by atoms with van der Waals surface area (Å²) in [5, 5.41) is 1.31. The maximum atomic E-state index is 14.9. The minimum Gasteiger partial charge on any atom is -0.363 e. The number of para-hydroxylation sites is 1. The lowest BCUT2D eigenvalue weighted by molar-refractivity contribution is 0.0877. The Kier molecular flexibility index (Phi) is 6.73. The van der Waals surface area contributed by atoms with Crippen molar-refractivity contribution in [3.63, 3.8) is 0 Å². The smallest absolute Gasteiger partial charge is 0.173 e. The maximum absolute atomic E-state index is 14.9. The SMILES string of the molecule is CC[C@@]1(C)c2ccccc2N(C)[C@@]12C=C(c1ccc(Cl)cc1)C=C(c1ccccc1)[C@@H]2C(=O)c1ccc(Cl)cc1. The highest BCUT2D eigenvalue weighted by molar-refractivity contribution is 6.31. The van der Waals surface area contributed by atoms with Crippen molar-refractivity contribution in [2.24, 2.45) is 5.92 Å². The number of halogens is 2. The van der Waals surface area contributed by atoms with Crippen molar-refractivity contribution < 1.29 is 4.79 Å². The first-order valence-corrected chi connectivity index (χ1v) is 14.4. The third kappa shape index (κ3) is 3.97. The molecule has 200 valence electrons. The first kappa shape index (κ1) is 26.6. The summed E-state index contributed by atoms with van der Waals surface area (Å²) in [6, 6.07) is 34.2.